The minimum Gasteiger partial charge on any atom is -0.379 e. The van der Waals surface area contributed by atoms with Gasteiger partial charge in [0, 0.05) is 19.1 Å². The van der Waals surface area contributed by atoms with Crippen molar-refractivity contribution in [3.63, 3.8) is 0 Å². The topological polar surface area (TPSA) is 12.5 Å². The highest BCUT2D eigenvalue weighted by Gasteiger charge is 2.20. The molecule has 3 heteroatoms. The van der Waals surface area contributed by atoms with Crippen LogP contribution in [-0.4, -0.2) is 31.2 Å². The van der Waals surface area contributed by atoms with Crippen LogP contribution in [0.5, 0.6) is 0 Å². The Kier molecular flexibility index (Phi) is 6.91. The average molecular weight is 253 g/mol. The smallest absolute Gasteiger partial charge is 0.123 e. The molecule has 1 unspecified atom stereocenters. The maximum absolute atomic E-state index is 12.9. The third-order valence-corrected chi connectivity index (χ3v) is 3.13. The number of rotatable bonds is 3. The summed E-state index contributed by atoms with van der Waals surface area (Å²) in [5, 5.41) is 0. The second kappa shape index (κ2) is 8.22. The van der Waals surface area contributed by atoms with Crippen LogP contribution in [0.1, 0.15) is 38.8 Å². The molecule has 0 saturated carbocycles. The van der Waals surface area contributed by atoms with Crippen molar-refractivity contribution >= 4 is 0 Å². The number of morpholine rings is 1. The fourth-order valence-corrected chi connectivity index (χ4v) is 2.28. The van der Waals surface area contributed by atoms with Crippen LogP contribution >= 0.6 is 0 Å². The number of halogens is 1. The van der Waals surface area contributed by atoms with Crippen LogP contribution in [-0.2, 0) is 4.74 Å². The summed E-state index contributed by atoms with van der Waals surface area (Å²) in [5.41, 5.74) is 1.20. The van der Waals surface area contributed by atoms with Crippen LogP contribution in [0.2, 0.25) is 0 Å². The van der Waals surface area contributed by atoms with Gasteiger partial charge in [0.15, 0.2) is 0 Å². The fraction of sp³-hybridized carbons (Fsp3) is 0.600. The molecule has 1 atom stereocenters. The maximum atomic E-state index is 12.9. The third kappa shape index (κ3) is 4.07. The van der Waals surface area contributed by atoms with Gasteiger partial charge in [-0.15, -0.1) is 0 Å². The van der Waals surface area contributed by atoms with Gasteiger partial charge in [-0.1, -0.05) is 32.9 Å². The maximum Gasteiger partial charge on any atom is 0.123 e. The Bertz CT molecular complexity index is 320. The lowest BCUT2D eigenvalue weighted by Gasteiger charge is -2.34. The van der Waals surface area contributed by atoms with E-state index >= 15 is 0 Å². The van der Waals surface area contributed by atoms with Crippen LogP contribution in [0.25, 0.3) is 0 Å². The molecule has 1 saturated heterocycles. The van der Waals surface area contributed by atoms with Gasteiger partial charge in [0.25, 0.3) is 0 Å². The molecule has 1 aliphatic rings. The normalized spacial score (nSPS) is 17.8. The van der Waals surface area contributed by atoms with E-state index < -0.39 is 0 Å². The zero-order chi connectivity index (χ0) is 13.4. The van der Waals surface area contributed by atoms with E-state index in [2.05, 4.69) is 11.8 Å². The van der Waals surface area contributed by atoms with Crippen LogP contribution in [0.4, 0.5) is 4.39 Å². The van der Waals surface area contributed by atoms with E-state index in [1.165, 1.54) is 5.56 Å². The quantitative estimate of drug-likeness (QED) is 0.815. The second-order valence-electron chi connectivity index (χ2n) is 4.12. The molecule has 0 bridgehead atoms. The standard InChI is InChI=1S/C13H18FNO.C2H6/c1-2-13(15-7-9-16-10-8-15)11-3-5-12(14)6-4-11;1-2/h3-6,13H,2,7-10H2,1H3;1-2H3. The summed E-state index contributed by atoms with van der Waals surface area (Å²) in [6.45, 7) is 9.71. The molecule has 0 amide bonds. The van der Waals surface area contributed by atoms with Gasteiger partial charge in [-0.25, -0.2) is 4.39 Å². The lowest BCUT2D eigenvalue weighted by Crippen LogP contribution is -2.38. The van der Waals surface area contributed by atoms with Gasteiger partial charge in [0.1, 0.15) is 5.82 Å². The molecule has 1 aromatic rings. The molecule has 1 heterocycles. The van der Waals surface area contributed by atoms with E-state index in [9.17, 15) is 4.39 Å². The van der Waals surface area contributed by atoms with E-state index in [1.807, 2.05) is 26.0 Å². The Hall–Kier alpha value is -0.930. The van der Waals surface area contributed by atoms with Gasteiger partial charge in [0.05, 0.1) is 13.2 Å². The molecule has 0 aliphatic carbocycles. The van der Waals surface area contributed by atoms with Gasteiger partial charge < -0.3 is 4.74 Å². The molecule has 1 aromatic carbocycles. The Morgan fingerprint density at radius 3 is 2.22 bits per heavy atom. The van der Waals surface area contributed by atoms with Crippen LogP contribution in [0, 0.1) is 5.82 Å². The lowest BCUT2D eigenvalue weighted by molar-refractivity contribution is 0.0152. The summed E-state index contributed by atoms with van der Waals surface area (Å²) in [6.07, 6.45) is 1.05. The second-order valence-corrected chi connectivity index (χ2v) is 4.12. The Labute approximate surface area is 110 Å². The molecule has 1 fully saturated rings. The lowest BCUT2D eigenvalue weighted by atomic mass is 10.0. The molecule has 0 spiro atoms. The predicted molar refractivity (Wildman–Crippen MR) is 73.2 cm³/mol. The van der Waals surface area contributed by atoms with E-state index in [4.69, 9.17) is 4.74 Å². The molecule has 0 radical (unpaired) electrons. The van der Waals surface area contributed by atoms with Crippen molar-refractivity contribution in [3.05, 3.63) is 35.6 Å². The summed E-state index contributed by atoms with van der Waals surface area (Å²) < 4.78 is 18.2. The minimum atomic E-state index is -0.166. The summed E-state index contributed by atoms with van der Waals surface area (Å²) in [4.78, 5) is 2.41. The number of benzene rings is 1. The van der Waals surface area contributed by atoms with E-state index in [0.717, 1.165) is 32.7 Å². The van der Waals surface area contributed by atoms with Gasteiger partial charge in [-0.2, -0.15) is 0 Å². The summed E-state index contributed by atoms with van der Waals surface area (Å²) in [5.74, 6) is -0.166. The van der Waals surface area contributed by atoms with Crippen LogP contribution in [0.3, 0.4) is 0 Å². The summed E-state index contributed by atoms with van der Waals surface area (Å²) in [6, 6.07) is 7.25. The molecular weight excluding hydrogens is 229 g/mol. The molecule has 102 valence electrons. The van der Waals surface area contributed by atoms with Crippen molar-refractivity contribution in [2.75, 3.05) is 26.3 Å². The first-order valence-corrected chi connectivity index (χ1v) is 6.88. The molecule has 0 aromatic heterocycles. The number of ether oxygens (including phenoxy) is 1. The van der Waals surface area contributed by atoms with Crippen molar-refractivity contribution in [1.29, 1.82) is 0 Å². The van der Waals surface area contributed by atoms with Crippen LogP contribution < -0.4 is 0 Å². The molecule has 1 aliphatic heterocycles. The Morgan fingerprint density at radius 2 is 1.72 bits per heavy atom. The molecule has 0 N–H and O–H groups in total. The Balaban J connectivity index is 0.000000771. The fourth-order valence-electron chi connectivity index (χ4n) is 2.28. The number of nitrogens with zero attached hydrogens (tertiary/aromatic N) is 1. The first kappa shape index (κ1) is 15.1. The summed E-state index contributed by atoms with van der Waals surface area (Å²) in [7, 11) is 0. The highest BCUT2D eigenvalue weighted by molar-refractivity contribution is 5.20. The van der Waals surface area contributed by atoms with Gasteiger partial charge in [0.2, 0.25) is 0 Å². The zero-order valence-electron chi connectivity index (χ0n) is 11.7. The highest BCUT2D eigenvalue weighted by Crippen LogP contribution is 2.24. The van der Waals surface area contributed by atoms with Crippen molar-refractivity contribution in [2.45, 2.75) is 33.2 Å². The van der Waals surface area contributed by atoms with Gasteiger partial charge in [-0.05, 0) is 24.1 Å². The van der Waals surface area contributed by atoms with Crippen LogP contribution in [0.15, 0.2) is 24.3 Å². The Morgan fingerprint density at radius 1 is 1.17 bits per heavy atom. The molecule has 2 rings (SSSR count). The highest BCUT2D eigenvalue weighted by atomic mass is 19.1. The summed E-state index contributed by atoms with van der Waals surface area (Å²) >= 11 is 0. The first-order valence-electron chi connectivity index (χ1n) is 6.88. The van der Waals surface area contributed by atoms with Crippen molar-refractivity contribution in [1.82, 2.24) is 4.90 Å². The molecule has 2 nitrogen and oxygen atoms in total. The largest absolute Gasteiger partial charge is 0.379 e. The van der Waals surface area contributed by atoms with Gasteiger partial charge in [-0.3, -0.25) is 4.90 Å². The van der Waals surface area contributed by atoms with Gasteiger partial charge >= 0.3 is 0 Å². The number of hydrogen-bond acceptors (Lipinski definition) is 2. The molecular formula is C15H24FNO. The van der Waals surface area contributed by atoms with E-state index in [-0.39, 0.29) is 5.82 Å². The van der Waals surface area contributed by atoms with Crippen molar-refractivity contribution in [2.24, 2.45) is 0 Å². The third-order valence-electron chi connectivity index (χ3n) is 3.13. The van der Waals surface area contributed by atoms with E-state index in [0.29, 0.717) is 6.04 Å². The van der Waals surface area contributed by atoms with Crippen molar-refractivity contribution < 1.29 is 9.13 Å². The SMILES string of the molecule is CC.CCC(c1ccc(F)cc1)N1CCOCC1. The average Bonchev–Trinajstić information content (AvgIpc) is 2.45. The van der Waals surface area contributed by atoms with E-state index in [1.54, 1.807) is 12.1 Å². The van der Waals surface area contributed by atoms with Crippen molar-refractivity contribution in [3.8, 4) is 0 Å². The first-order chi connectivity index (χ1) is 8.81. The molecule has 18 heavy (non-hydrogen) atoms. The monoisotopic (exact) mass is 253 g/mol. The minimum absolute atomic E-state index is 0.166. The number of hydrogen-bond donors (Lipinski definition) is 0. The zero-order valence-corrected chi connectivity index (χ0v) is 11.7. The predicted octanol–water partition coefficient (Wildman–Crippen LogP) is 3.64.